The van der Waals surface area contributed by atoms with E-state index in [2.05, 4.69) is 10.2 Å². The molecule has 0 saturated carbocycles. The first-order valence-corrected chi connectivity index (χ1v) is 7.34. The first-order chi connectivity index (χ1) is 9.66. The minimum atomic E-state index is 0.0237. The Kier molecular flexibility index (Phi) is 3.76. The lowest BCUT2D eigenvalue weighted by atomic mass is 9.91. The number of piperidine rings is 1. The van der Waals surface area contributed by atoms with Gasteiger partial charge >= 0.3 is 0 Å². The van der Waals surface area contributed by atoms with E-state index >= 15 is 0 Å². The Morgan fingerprint density at radius 2 is 2.20 bits per heavy atom. The van der Waals surface area contributed by atoms with Crippen molar-refractivity contribution in [1.82, 2.24) is 10.2 Å². The highest BCUT2D eigenvalue weighted by atomic mass is 35.5. The van der Waals surface area contributed by atoms with Crippen molar-refractivity contribution in [3.05, 3.63) is 34.9 Å². The molecule has 1 N–H and O–H groups in total. The molecule has 106 valence electrons. The van der Waals surface area contributed by atoms with E-state index in [9.17, 15) is 9.59 Å². The van der Waals surface area contributed by atoms with Crippen LogP contribution in [0.4, 0.5) is 0 Å². The summed E-state index contributed by atoms with van der Waals surface area (Å²) in [4.78, 5) is 26.2. The number of nitrogens with one attached hydrogen (secondary N) is 1. The number of benzene rings is 1. The van der Waals surface area contributed by atoms with Crippen LogP contribution in [0, 0.1) is 5.92 Å². The van der Waals surface area contributed by atoms with Crippen LogP contribution in [0.3, 0.4) is 0 Å². The Hall–Kier alpha value is -1.39. The van der Waals surface area contributed by atoms with E-state index in [4.69, 9.17) is 11.6 Å². The Labute approximate surface area is 123 Å². The van der Waals surface area contributed by atoms with Crippen LogP contribution in [0.2, 0.25) is 5.02 Å². The molecular formula is C15H17ClN2O2. The summed E-state index contributed by atoms with van der Waals surface area (Å²) >= 11 is 6.07. The van der Waals surface area contributed by atoms with Gasteiger partial charge in [0.2, 0.25) is 5.91 Å². The Morgan fingerprint density at radius 1 is 1.40 bits per heavy atom. The number of ketones is 1. The van der Waals surface area contributed by atoms with Gasteiger partial charge in [-0.15, -0.1) is 0 Å². The molecule has 20 heavy (non-hydrogen) atoms. The smallest absolute Gasteiger partial charge is 0.224 e. The normalized spacial score (nSPS) is 26.1. The van der Waals surface area contributed by atoms with E-state index in [1.165, 1.54) is 0 Å². The Bertz CT molecular complexity index is 546. The highest BCUT2D eigenvalue weighted by Crippen LogP contribution is 2.27. The van der Waals surface area contributed by atoms with Gasteiger partial charge in [-0.2, -0.15) is 0 Å². The number of carbonyl (C=O) groups is 2. The molecule has 0 aromatic heterocycles. The zero-order valence-corrected chi connectivity index (χ0v) is 11.9. The zero-order valence-electron chi connectivity index (χ0n) is 11.1. The third-order valence-corrected chi connectivity index (χ3v) is 4.57. The van der Waals surface area contributed by atoms with Crippen molar-refractivity contribution in [2.24, 2.45) is 5.92 Å². The fraction of sp³-hybridized carbons (Fsp3) is 0.467. The Morgan fingerprint density at radius 3 is 3.00 bits per heavy atom. The summed E-state index contributed by atoms with van der Waals surface area (Å²) in [5, 5.41) is 3.39. The maximum atomic E-state index is 12.4. The van der Waals surface area contributed by atoms with Crippen molar-refractivity contribution in [2.75, 3.05) is 19.6 Å². The third-order valence-electron chi connectivity index (χ3n) is 4.24. The van der Waals surface area contributed by atoms with Gasteiger partial charge in [-0.25, -0.2) is 0 Å². The van der Waals surface area contributed by atoms with E-state index in [1.807, 2.05) is 12.1 Å². The van der Waals surface area contributed by atoms with E-state index in [0.29, 0.717) is 23.7 Å². The zero-order chi connectivity index (χ0) is 14.1. The van der Waals surface area contributed by atoms with Crippen molar-refractivity contribution in [3.63, 3.8) is 0 Å². The molecule has 5 heteroatoms. The van der Waals surface area contributed by atoms with Crippen molar-refractivity contribution in [3.8, 4) is 0 Å². The van der Waals surface area contributed by atoms with Crippen LogP contribution in [-0.2, 0) is 4.79 Å². The molecule has 2 fully saturated rings. The van der Waals surface area contributed by atoms with Gasteiger partial charge in [-0.1, -0.05) is 23.7 Å². The number of carbonyl (C=O) groups excluding carboxylic acids is 2. The van der Waals surface area contributed by atoms with Crippen LogP contribution in [-0.4, -0.2) is 42.3 Å². The second kappa shape index (κ2) is 5.54. The molecule has 1 amide bonds. The number of hydrogen-bond acceptors (Lipinski definition) is 3. The molecule has 2 saturated heterocycles. The van der Waals surface area contributed by atoms with Crippen LogP contribution in [0.5, 0.6) is 0 Å². The summed E-state index contributed by atoms with van der Waals surface area (Å²) in [7, 11) is 0. The quantitative estimate of drug-likeness (QED) is 0.863. The number of Topliss-reactive ketones (excluding diaryl/α,β-unsaturated/α-hetero) is 1. The van der Waals surface area contributed by atoms with E-state index < -0.39 is 0 Å². The predicted octanol–water partition coefficient (Wildman–Crippen LogP) is 1.73. The van der Waals surface area contributed by atoms with Crippen LogP contribution in [0.1, 0.15) is 23.2 Å². The highest BCUT2D eigenvalue weighted by Gasteiger charge is 2.41. The number of fused-ring (bicyclic) bond motifs is 1. The molecule has 4 nitrogen and oxygen atoms in total. The lowest BCUT2D eigenvalue weighted by molar-refractivity contribution is -0.124. The first-order valence-electron chi connectivity index (χ1n) is 6.96. The molecule has 1 aromatic carbocycles. The maximum Gasteiger partial charge on any atom is 0.224 e. The van der Waals surface area contributed by atoms with Gasteiger partial charge in [-0.05, 0) is 31.5 Å². The molecule has 2 aliphatic rings. The fourth-order valence-corrected chi connectivity index (χ4v) is 3.43. The minimum absolute atomic E-state index is 0.0237. The molecule has 0 spiro atoms. The molecule has 2 heterocycles. The van der Waals surface area contributed by atoms with Gasteiger partial charge in [0.05, 0.1) is 17.5 Å². The summed E-state index contributed by atoms with van der Waals surface area (Å²) in [6.45, 7) is 1.85. The average Bonchev–Trinajstić information content (AvgIpc) is 2.82. The van der Waals surface area contributed by atoms with Gasteiger partial charge < -0.3 is 5.32 Å². The van der Waals surface area contributed by atoms with Crippen molar-refractivity contribution in [2.45, 2.75) is 18.9 Å². The summed E-state index contributed by atoms with van der Waals surface area (Å²) in [6, 6.07) is 7.27. The molecule has 2 aliphatic heterocycles. The number of likely N-dealkylation sites (tertiary alicyclic amines) is 1. The summed E-state index contributed by atoms with van der Waals surface area (Å²) < 4.78 is 0. The molecular weight excluding hydrogens is 276 g/mol. The Balaban J connectivity index is 1.73. The van der Waals surface area contributed by atoms with Crippen LogP contribution in [0.25, 0.3) is 0 Å². The number of rotatable bonds is 3. The third kappa shape index (κ3) is 2.45. The second-order valence-corrected chi connectivity index (χ2v) is 5.84. The van der Waals surface area contributed by atoms with Gasteiger partial charge in [0.25, 0.3) is 0 Å². The SMILES string of the molecule is O=C(CN1CCCC2C(=O)NCC21)c1ccccc1Cl. The van der Waals surface area contributed by atoms with Crippen molar-refractivity contribution in [1.29, 1.82) is 0 Å². The summed E-state index contributed by atoms with van der Waals surface area (Å²) in [5.74, 6) is 0.197. The van der Waals surface area contributed by atoms with Crippen molar-refractivity contribution >= 4 is 23.3 Å². The molecule has 0 aliphatic carbocycles. The van der Waals surface area contributed by atoms with Crippen LogP contribution >= 0.6 is 11.6 Å². The predicted molar refractivity (Wildman–Crippen MR) is 76.9 cm³/mol. The van der Waals surface area contributed by atoms with Crippen molar-refractivity contribution < 1.29 is 9.59 Å². The number of nitrogens with zero attached hydrogens (tertiary/aromatic N) is 1. The lowest BCUT2D eigenvalue weighted by Gasteiger charge is -2.35. The van der Waals surface area contributed by atoms with Crippen LogP contribution in [0.15, 0.2) is 24.3 Å². The summed E-state index contributed by atoms with van der Waals surface area (Å²) in [5.41, 5.74) is 0.563. The molecule has 2 atom stereocenters. The monoisotopic (exact) mass is 292 g/mol. The second-order valence-electron chi connectivity index (χ2n) is 5.43. The number of hydrogen-bond donors (Lipinski definition) is 1. The van der Waals surface area contributed by atoms with E-state index in [0.717, 1.165) is 19.4 Å². The number of amides is 1. The maximum absolute atomic E-state index is 12.4. The fourth-order valence-electron chi connectivity index (χ4n) is 3.19. The minimum Gasteiger partial charge on any atom is -0.354 e. The van der Waals surface area contributed by atoms with Crippen LogP contribution < -0.4 is 5.32 Å². The van der Waals surface area contributed by atoms with Gasteiger partial charge in [-0.3, -0.25) is 14.5 Å². The molecule has 1 aromatic rings. The largest absolute Gasteiger partial charge is 0.354 e. The molecule has 3 rings (SSSR count). The standard InChI is InChI=1S/C15H17ClN2O2/c16-12-6-2-1-4-10(12)14(19)9-18-7-3-5-11-13(18)8-17-15(11)20/h1-2,4,6,11,13H,3,5,7-9H2,(H,17,20). The summed E-state index contributed by atoms with van der Waals surface area (Å²) in [6.07, 6.45) is 1.89. The molecule has 0 radical (unpaired) electrons. The van der Waals surface area contributed by atoms with Gasteiger partial charge in [0.1, 0.15) is 0 Å². The van der Waals surface area contributed by atoms with Gasteiger partial charge in [0, 0.05) is 18.2 Å². The molecule has 0 bridgehead atoms. The van der Waals surface area contributed by atoms with E-state index in [1.54, 1.807) is 12.1 Å². The topological polar surface area (TPSA) is 49.4 Å². The highest BCUT2D eigenvalue weighted by molar-refractivity contribution is 6.34. The lowest BCUT2D eigenvalue weighted by Crippen LogP contribution is -2.47. The first kappa shape index (κ1) is 13.6. The van der Waals surface area contributed by atoms with E-state index in [-0.39, 0.29) is 23.7 Å². The molecule has 2 unspecified atom stereocenters. The average molecular weight is 293 g/mol. The van der Waals surface area contributed by atoms with Gasteiger partial charge in [0.15, 0.2) is 5.78 Å². The number of halogens is 1.